The lowest BCUT2D eigenvalue weighted by molar-refractivity contribution is -0.140. The first-order valence-corrected chi connectivity index (χ1v) is 6.94. The average Bonchev–Trinajstić information content (AvgIpc) is 2.83. The van der Waals surface area contributed by atoms with Crippen molar-refractivity contribution in [2.45, 2.75) is 32.2 Å². The second-order valence-electron chi connectivity index (χ2n) is 5.12. The quantitative estimate of drug-likeness (QED) is 0.851. The number of carbonyl (C=O) groups is 2. The largest absolute Gasteiger partial charge is 0.480 e. The van der Waals surface area contributed by atoms with Gasteiger partial charge in [-0.15, -0.1) is 0 Å². The van der Waals surface area contributed by atoms with E-state index < -0.39 is 12.0 Å². The van der Waals surface area contributed by atoms with Crippen LogP contribution in [0.5, 0.6) is 0 Å². The van der Waals surface area contributed by atoms with Gasteiger partial charge in [0, 0.05) is 18.7 Å². The molecule has 0 fully saturated rings. The van der Waals surface area contributed by atoms with E-state index in [2.05, 4.69) is 0 Å². The molecular weight excluding hydrogens is 256 g/mol. The normalized spacial score (nSPS) is 18.7. The van der Waals surface area contributed by atoms with E-state index in [0.29, 0.717) is 18.5 Å². The molecule has 1 aliphatic heterocycles. The van der Waals surface area contributed by atoms with E-state index in [4.69, 9.17) is 5.73 Å². The number of nitrogens with zero attached hydrogens (tertiary/aromatic N) is 1. The van der Waals surface area contributed by atoms with Gasteiger partial charge in [0.25, 0.3) is 0 Å². The Bertz CT molecular complexity index is 516. The van der Waals surface area contributed by atoms with Crippen molar-refractivity contribution in [1.29, 1.82) is 0 Å². The molecule has 0 saturated carbocycles. The molecule has 20 heavy (non-hydrogen) atoms. The van der Waals surface area contributed by atoms with Gasteiger partial charge in [-0.1, -0.05) is 31.5 Å². The number of aliphatic carboxylic acids is 1. The summed E-state index contributed by atoms with van der Waals surface area (Å²) < 4.78 is 0. The van der Waals surface area contributed by atoms with Crippen LogP contribution in [-0.2, 0) is 16.0 Å². The van der Waals surface area contributed by atoms with Crippen LogP contribution >= 0.6 is 0 Å². The van der Waals surface area contributed by atoms with Gasteiger partial charge in [0.1, 0.15) is 6.04 Å². The predicted molar refractivity (Wildman–Crippen MR) is 76.5 cm³/mol. The third-order valence-corrected chi connectivity index (χ3v) is 3.77. The highest BCUT2D eigenvalue weighted by Crippen LogP contribution is 2.33. The minimum atomic E-state index is -0.971. The number of benzene rings is 1. The van der Waals surface area contributed by atoms with E-state index in [1.54, 1.807) is 6.07 Å². The Morgan fingerprint density at radius 2 is 2.15 bits per heavy atom. The minimum absolute atomic E-state index is 0.174. The Balaban J connectivity index is 2.35. The maximum atomic E-state index is 12.6. The first-order chi connectivity index (χ1) is 9.60. The highest BCUT2D eigenvalue weighted by atomic mass is 16.4. The lowest BCUT2D eigenvalue weighted by atomic mass is 10.0. The van der Waals surface area contributed by atoms with Crippen molar-refractivity contribution >= 4 is 17.6 Å². The number of para-hydroxylation sites is 1. The Kier molecular flexibility index (Phi) is 4.39. The number of nitrogens with two attached hydrogens (primary N) is 1. The molecule has 1 aromatic carbocycles. The molecule has 0 radical (unpaired) electrons. The summed E-state index contributed by atoms with van der Waals surface area (Å²) in [5.74, 6) is -1.46. The van der Waals surface area contributed by atoms with E-state index in [1.807, 2.05) is 25.1 Å². The maximum Gasteiger partial charge on any atom is 0.327 e. The van der Waals surface area contributed by atoms with Crippen LogP contribution < -0.4 is 10.6 Å². The lowest BCUT2D eigenvalue weighted by Crippen LogP contribution is -2.47. The van der Waals surface area contributed by atoms with E-state index in [-0.39, 0.29) is 18.4 Å². The molecule has 2 atom stereocenters. The summed E-state index contributed by atoms with van der Waals surface area (Å²) in [5, 5.41) is 9.36. The standard InChI is InChI=1S/C15H20N2O3/c1-2-5-11(9-16)14(18)17-12-7-4-3-6-10(12)8-13(17)15(19)20/h3-4,6-7,11,13H,2,5,8-9,16H2,1H3,(H,19,20). The van der Waals surface area contributed by atoms with Gasteiger partial charge in [0.2, 0.25) is 5.91 Å². The summed E-state index contributed by atoms with van der Waals surface area (Å²) in [6, 6.07) is 6.54. The number of rotatable bonds is 5. The third kappa shape index (κ3) is 2.54. The topological polar surface area (TPSA) is 83.6 Å². The number of anilines is 1. The molecule has 2 rings (SSSR count). The van der Waals surface area contributed by atoms with Gasteiger partial charge in [-0.3, -0.25) is 9.69 Å². The van der Waals surface area contributed by atoms with Crippen molar-refractivity contribution in [2.75, 3.05) is 11.4 Å². The highest BCUT2D eigenvalue weighted by molar-refractivity contribution is 6.03. The molecule has 5 nitrogen and oxygen atoms in total. The summed E-state index contributed by atoms with van der Waals surface area (Å²) in [6.07, 6.45) is 1.89. The maximum absolute atomic E-state index is 12.6. The van der Waals surface area contributed by atoms with Crippen LogP contribution in [0.1, 0.15) is 25.3 Å². The molecule has 3 N–H and O–H groups in total. The van der Waals surface area contributed by atoms with Crippen LogP contribution in [0, 0.1) is 5.92 Å². The van der Waals surface area contributed by atoms with Crippen molar-refractivity contribution < 1.29 is 14.7 Å². The number of hydrogen-bond acceptors (Lipinski definition) is 3. The second-order valence-corrected chi connectivity index (χ2v) is 5.12. The summed E-state index contributed by atoms with van der Waals surface area (Å²) in [4.78, 5) is 25.5. The van der Waals surface area contributed by atoms with E-state index in [0.717, 1.165) is 12.0 Å². The number of carboxylic acid groups (broad SMARTS) is 1. The smallest absolute Gasteiger partial charge is 0.327 e. The molecule has 0 saturated heterocycles. The number of hydrogen-bond donors (Lipinski definition) is 2. The molecule has 1 aliphatic rings. The molecule has 0 spiro atoms. The molecule has 1 amide bonds. The lowest BCUT2D eigenvalue weighted by Gasteiger charge is -2.26. The molecule has 0 bridgehead atoms. The zero-order valence-electron chi connectivity index (χ0n) is 11.6. The Morgan fingerprint density at radius 1 is 1.45 bits per heavy atom. The molecule has 0 aliphatic carbocycles. The molecule has 5 heteroatoms. The van der Waals surface area contributed by atoms with Gasteiger partial charge >= 0.3 is 5.97 Å². The average molecular weight is 276 g/mol. The third-order valence-electron chi connectivity index (χ3n) is 3.77. The predicted octanol–water partition coefficient (Wildman–Crippen LogP) is 1.40. The molecule has 2 unspecified atom stereocenters. The van der Waals surface area contributed by atoms with Gasteiger partial charge < -0.3 is 10.8 Å². The zero-order chi connectivity index (χ0) is 14.7. The first-order valence-electron chi connectivity index (χ1n) is 6.94. The van der Waals surface area contributed by atoms with Crippen LogP contribution in [0.25, 0.3) is 0 Å². The van der Waals surface area contributed by atoms with Crippen molar-refractivity contribution in [3.05, 3.63) is 29.8 Å². The molecule has 108 valence electrons. The van der Waals surface area contributed by atoms with Crippen LogP contribution in [-0.4, -0.2) is 29.6 Å². The van der Waals surface area contributed by atoms with Crippen LogP contribution in [0.15, 0.2) is 24.3 Å². The first kappa shape index (κ1) is 14.5. The summed E-state index contributed by atoms with van der Waals surface area (Å²) in [6.45, 7) is 2.24. The number of carboxylic acids is 1. The van der Waals surface area contributed by atoms with Crippen LogP contribution in [0.3, 0.4) is 0 Å². The van der Waals surface area contributed by atoms with Gasteiger partial charge in [-0.25, -0.2) is 4.79 Å². The van der Waals surface area contributed by atoms with Gasteiger partial charge in [-0.2, -0.15) is 0 Å². The highest BCUT2D eigenvalue weighted by Gasteiger charge is 2.40. The number of amides is 1. The van der Waals surface area contributed by atoms with Gasteiger partial charge in [-0.05, 0) is 18.1 Å². The van der Waals surface area contributed by atoms with Crippen molar-refractivity contribution in [3.8, 4) is 0 Å². The summed E-state index contributed by atoms with van der Waals surface area (Å²) in [5.41, 5.74) is 7.29. The van der Waals surface area contributed by atoms with E-state index >= 15 is 0 Å². The number of fused-ring (bicyclic) bond motifs is 1. The van der Waals surface area contributed by atoms with Gasteiger partial charge in [0.05, 0.1) is 5.92 Å². The Morgan fingerprint density at radius 3 is 2.75 bits per heavy atom. The molecule has 1 heterocycles. The second kappa shape index (κ2) is 6.05. The monoisotopic (exact) mass is 276 g/mol. The molecule has 0 aromatic heterocycles. The Labute approximate surface area is 118 Å². The Hall–Kier alpha value is -1.88. The fourth-order valence-corrected chi connectivity index (χ4v) is 2.74. The van der Waals surface area contributed by atoms with Crippen molar-refractivity contribution in [1.82, 2.24) is 0 Å². The summed E-state index contributed by atoms with van der Waals surface area (Å²) >= 11 is 0. The number of carbonyl (C=O) groups excluding carboxylic acids is 1. The minimum Gasteiger partial charge on any atom is -0.480 e. The SMILES string of the molecule is CCCC(CN)C(=O)N1c2ccccc2CC1C(=O)O. The molecule has 1 aromatic rings. The summed E-state index contributed by atoms with van der Waals surface area (Å²) in [7, 11) is 0. The van der Waals surface area contributed by atoms with Crippen molar-refractivity contribution in [2.24, 2.45) is 11.7 Å². The van der Waals surface area contributed by atoms with Crippen molar-refractivity contribution in [3.63, 3.8) is 0 Å². The van der Waals surface area contributed by atoms with Crippen LogP contribution in [0.4, 0.5) is 5.69 Å². The van der Waals surface area contributed by atoms with Gasteiger partial charge in [0.15, 0.2) is 0 Å². The molecular formula is C15H20N2O3. The van der Waals surface area contributed by atoms with Crippen LogP contribution in [0.2, 0.25) is 0 Å². The van der Waals surface area contributed by atoms with E-state index in [1.165, 1.54) is 4.90 Å². The fourth-order valence-electron chi connectivity index (χ4n) is 2.74. The van der Waals surface area contributed by atoms with E-state index in [9.17, 15) is 14.7 Å². The zero-order valence-corrected chi connectivity index (χ0v) is 11.6. The fraction of sp³-hybridized carbons (Fsp3) is 0.467.